The number of benzene rings is 2. The van der Waals surface area contributed by atoms with Crippen LogP contribution in [0.25, 0.3) is 10.9 Å². The number of aryl methyl sites for hydroxylation is 1. The number of carbonyl (C=O) groups is 2. The zero-order valence-electron chi connectivity index (χ0n) is 17.9. The molecule has 1 aromatic heterocycles. The van der Waals surface area contributed by atoms with Crippen LogP contribution in [0, 0.1) is 6.92 Å². The van der Waals surface area contributed by atoms with Gasteiger partial charge in [-0.3, -0.25) is 10.1 Å². The van der Waals surface area contributed by atoms with Gasteiger partial charge in [-0.15, -0.1) is 0 Å². The Labute approximate surface area is 175 Å². The van der Waals surface area contributed by atoms with E-state index in [2.05, 4.69) is 15.6 Å². The largest absolute Gasteiger partial charge is 0.497 e. The van der Waals surface area contributed by atoms with Crippen molar-refractivity contribution in [3.63, 3.8) is 0 Å². The summed E-state index contributed by atoms with van der Waals surface area (Å²) < 4.78 is 10.6. The first kappa shape index (κ1) is 21.2. The van der Waals surface area contributed by atoms with Crippen LogP contribution in [0.15, 0.2) is 42.5 Å². The summed E-state index contributed by atoms with van der Waals surface area (Å²) in [7, 11) is 1.54. The molecular weight excluding hydrogens is 382 g/mol. The summed E-state index contributed by atoms with van der Waals surface area (Å²) in [6.45, 7) is 7.30. The summed E-state index contributed by atoms with van der Waals surface area (Å²) in [4.78, 5) is 28.3. The zero-order chi connectivity index (χ0) is 21.9. The van der Waals surface area contributed by atoms with Gasteiger partial charge < -0.3 is 19.8 Å². The number of para-hydroxylation sites is 1. The topological polar surface area (TPSA) is 92.4 Å². The van der Waals surface area contributed by atoms with E-state index in [1.54, 1.807) is 39.0 Å². The van der Waals surface area contributed by atoms with Crippen molar-refractivity contribution in [3.8, 4) is 5.75 Å². The molecule has 7 heteroatoms. The lowest BCUT2D eigenvalue weighted by atomic mass is 10.1. The number of hydrogen-bond acceptors (Lipinski definition) is 4. The van der Waals surface area contributed by atoms with E-state index in [1.165, 1.54) is 7.11 Å². The molecule has 3 N–H and O–H groups in total. The number of nitrogens with one attached hydrogen (secondary N) is 3. The summed E-state index contributed by atoms with van der Waals surface area (Å²) in [6.07, 6.45) is -0.408. The molecule has 0 aliphatic carbocycles. The second kappa shape index (κ2) is 8.49. The SMILES string of the molecule is COc1ccc(NC(=O)OC(C)(C)C)c(NC(=O)Cc2c(C)[nH]c3ccccc23)c1. The lowest BCUT2D eigenvalue weighted by Crippen LogP contribution is -2.27. The molecule has 0 aliphatic rings. The Morgan fingerprint density at radius 2 is 1.77 bits per heavy atom. The van der Waals surface area contributed by atoms with Crippen molar-refractivity contribution in [3.05, 3.63) is 53.7 Å². The average molecular weight is 409 g/mol. The number of aromatic amines is 1. The van der Waals surface area contributed by atoms with Gasteiger partial charge in [0, 0.05) is 22.7 Å². The standard InChI is InChI=1S/C23H27N3O4/c1-14-17(16-8-6-7-9-18(16)24-14)13-21(27)25-20-12-15(29-5)10-11-19(20)26-22(28)30-23(2,3)4/h6-12,24H,13H2,1-5H3,(H,25,27)(H,26,28). The third kappa shape index (κ3) is 5.11. The van der Waals surface area contributed by atoms with Crippen molar-refractivity contribution in [1.82, 2.24) is 4.98 Å². The third-order valence-electron chi connectivity index (χ3n) is 4.50. The minimum atomic E-state index is -0.632. The summed E-state index contributed by atoms with van der Waals surface area (Å²) in [5, 5.41) is 6.58. The van der Waals surface area contributed by atoms with Crippen molar-refractivity contribution < 1.29 is 19.1 Å². The summed E-state index contributed by atoms with van der Waals surface area (Å²) in [5.74, 6) is 0.353. The fourth-order valence-electron chi connectivity index (χ4n) is 3.19. The molecule has 1 heterocycles. The van der Waals surface area contributed by atoms with E-state index in [0.29, 0.717) is 17.1 Å². The molecule has 0 fully saturated rings. The molecule has 0 saturated carbocycles. The van der Waals surface area contributed by atoms with Gasteiger partial charge in [0.2, 0.25) is 5.91 Å². The van der Waals surface area contributed by atoms with Crippen LogP contribution >= 0.6 is 0 Å². The van der Waals surface area contributed by atoms with Gasteiger partial charge in [-0.1, -0.05) is 18.2 Å². The maximum absolute atomic E-state index is 12.8. The Hall–Kier alpha value is -3.48. The first-order valence-corrected chi connectivity index (χ1v) is 9.70. The average Bonchev–Trinajstić information content (AvgIpc) is 2.97. The van der Waals surface area contributed by atoms with Crippen LogP contribution in [0.4, 0.5) is 16.2 Å². The second-order valence-corrected chi connectivity index (χ2v) is 8.04. The number of amides is 2. The molecule has 0 atom stereocenters. The molecule has 2 aromatic carbocycles. The normalized spacial score (nSPS) is 11.2. The van der Waals surface area contributed by atoms with E-state index in [1.807, 2.05) is 31.2 Å². The summed E-state index contributed by atoms with van der Waals surface area (Å²) in [5.41, 5.74) is 3.10. The minimum absolute atomic E-state index is 0.193. The highest BCUT2D eigenvalue weighted by Crippen LogP contribution is 2.29. The van der Waals surface area contributed by atoms with Crippen LogP contribution in [0.2, 0.25) is 0 Å². The maximum atomic E-state index is 12.8. The molecule has 7 nitrogen and oxygen atoms in total. The van der Waals surface area contributed by atoms with Crippen molar-refractivity contribution >= 4 is 34.3 Å². The Bertz CT molecular complexity index is 1080. The van der Waals surface area contributed by atoms with Gasteiger partial charge in [0.1, 0.15) is 11.4 Å². The fraction of sp³-hybridized carbons (Fsp3) is 0.304. The number of carbonyl (C=O) groups excluding carboxylic acids is 2. The van der Waals surface area contributed by atoms with E-state index in [4.69, 9.17) is 9.47 Å². The molecule has 0 spiro atoms. The summed E-state index contributed by atoms with van der Waals surface area (Å²) >= 11 is 0. The molecule has 158 valence electrons. The first-order valence-electron chi connectivity index (χ1n) is 9.70. The van der Waals surface area contributed by atoms with Crippen LogP contribution in [0.1, 0.15) is 32.0 Å². The van der Waals surface area contributed by atoms with Gasteiger partial charge in [-0.2, -0.15) is 0 Å². The minimum Gasteiger partial charge on any atom is -0.497 e. The number of anilines is 2. The smallest absolute Gasteiger partial charge is 0.412 e. The highest BCUT2D eigenvalue weighted by atomic mass is 16.6. The van der Waals surface area contributed by atoms with Crippen LogP contribution < -0.4 is 15.4 Å². The van der Waals surface area contributed by atoms with Gasteiger partial charge in [0.15, 0.2) is 0 Å². The summed E-state index contributed by atoms with van der Waals surface area (Å²) in [6, 6.07) is 12.9. The van der Waals surface area contributed by atoms with Gasteiger partial charge in [-0.05, 0) is 51.5 Å². The third-order valence-corrected chi connectivity index (χ3v) is 4.50. The van der Waals surface area contributed by atoms with Gasteiger partial charge in [0.05, 0.1) is 24.9 Å². The van der Waals surface area contributed by atoms with Crippen molar-refractivity contribution in [2.24, 2.45) is 0 Å². The van der Waals surface area contributed by atoms with E-state index in [0.717, 1.165) is 22.2 Å². The predicted octanol–water partition coefficient (Wildman–Crippen LogP) is 5.01. The molecule has 0 unspecified atom stereocenters. The zero-order valence-corrected chi connectivity index (χ0v) is 17.9. The second-order valence-electron chi connectivity index (χ2n) is 8.04. The molecule has 3 rings (SSSR count). The first-order chi connectivity index (χ1) is 14.2. The number of methoxy groups -OCH3 is 1. The number of rotatable bonds is 5. The highest BCUT2D eigenvalue weighted by molar-refractivity contribution is 6.00. The van der Waals surface area contributed by atoms with E-state index >= 15 is 0 Å². The van der Waals surface area contributed by atoms with E-state index in [9.17, 15) is 9.59 Å². The van der Waals surface area contributed by atoms with Gasteiger partial charge in [-0.25, -0.2) is 4.79 Å². The van der Waals surface area contributed by atoms with Crippen molar-refractivity contribution in [2.75, 3.05) is 17.7 Å². The quantitative estimate of drug-likeness (QED) is 0.552. The molecule has 0 aliphatic heterocycles. The number of ether oxygens (including phenoxy) is 2. The number of hydrogen-bond donors (Lipinski definition) is 3. The lowest BCUT2D eigenvalue weighted by Gasteiger charge is -2.20. The molecular formula is C23H27N3O4. The molecule has 0 bridgehead atoms. The molecule has 0 radical (unpaired) electrons. The van der Waals surface area contributed by atoms with Crippen molar-refractivity contribution in [2.45, 2.75) is 39.7 Å². The predicted molar refractivity (Wildman–Crippen MR) is 118 cm³/mol. The molecule has 2 amide bonds. The molecule has 3 aromatic rings. The Kier molecular flexibility index (Phi) is 6.01. The molecule has 0 saturated heterocycles. The van der Waals surface area contributed by atoms with E-state index in [-0.39, 0.29) is 12.3 Å². The van der Waals surface area contributed by atoms with E-state index < -0.39 is 11.7 Å². The van der Waals surface area contributed by atoms with Crippen LogP contribution in [-0.2, 0) is 16.0 Å². The Morgan fingerprint density at radius 3 is 2.47 bits per heavy atom. The Balaban J connectivity index is 1.81. The van der Waals surface area contributed by atoms with Gasteiger partial charge in [0.25, 0.3) is 0 Å². The van der Waals surface area contributed by atoms with Gasteiger partial charge >= 0.3 is 6.09 Å². The van der Waals surface area contributed by atoms with Crippen LogP contribution in [0.5, 0.6) is 5.75 Å². The monoisotopic (exact) mass is 409 g/mol. The highest BCUT2D eigenvalue weighted by Gasteiger charge is 2.19. The number of H-pyrrole nitrogens is 1. The lowest BCUT2D eigenvalue weighted by molar-refractivity contribution is -0.115. The number of aromatic nitrogens is 1. The Morgan fingerprint density at radius 1 is 1.03 bits per heavy atom. The molecule has 30 heavy (non-hydrogen) atoms. The van der Waals surface area contributed by atoms with Crippen molar-refractivity contribution in [1.29, 1.82) is 0 Å². The number of fused-ring (bicyclic) bond motifs is 1. The fourth-order valence-corrected chi connectivity index (χ4v) is 3.19. The van der Waals surface area contributed by atoms with Crippen LogP contribution in [0.3, 0.4) is 0 Å². The maximum Gasteiger partial charge on any atom is 0.412 e. The van der Waals surface area contributed by atoms with Crippen LogP contribution in [-0.4, -0.2) is 29.7 Å².